The van der Waals surface area contributed by atoms with Crippen molar-refractivity contribution < 1.29 is 27.2 Å². The number of hydrogen-bond acceptors (Lipinski definition) is 6. The molecule has 0 N–H and O–H groups in total. The Morgan fingerprint density at radius 3 is 1.11 bits per heavy atom. The minimum Gasteiger partial charge on any atom is -0.297 e. The monoisotopic (exact) mass is 303 g/mol. The lowest BCUT2D eigenvalue weighted by molar-refractivity contribution is 0.159. The maximum Gasteiger partial charge on any atom is 0.417 e. The van der Waals surface area contributed by atoms with Gasteiger partial charge in [-0.15, -0.1) is 4.44 Å². The zero-order valence-corrected chi connectivity index (χ0v) is 13.4. The third-order valence-corrected chi connectivity index (χ3v) is 6.95. The molecule has 0 radical (unpaired) electrons. The van der Waals surface area contributed by atoms with E-state index >= 15 is 0 Å². The molecular formula is C9H23NO6P2. The lowest BCUT2D eigenvalue weighted by Crippen LogP contribution is -2.19. The molecule has 0 rings (SSSR count). The van der Waals surface area contributed by atoms with Gasteiger partial charge in [0.05, 0.1) is 26.4 Å². The first kappa shape index (κ1) is 18.3. The maximum absolute atomic E-state index is 12.5. The molecule has 0 saturated heterocycles. The van der Waals surface area contributed by atoms with E-state index in [2.05, 4.69) is 0 Å². The molecule has 0 aliphatic heterocycles. The van der Waals surface area contributed by atoms with Crippen molar-refractivity contribution in [2.24, 2.45) is 0 Å². The highest BCUT2D eigenvalue weighted by molar-refractivity contribution is 7.66. The molecule has 9 heteroatoms. The average Bonchev–Trinajstić information content (AvgIpc) is 2.29. The zero-order chi connectivity index (χ0) is 14.2. The highest BCUT2D eigenvalue weighted by Crippen LogP contribution is 2.67. The summed E-state index contributed by atoms with van der Waals surface area (Å²) in [6.07, 6.45) is 0. The number of rotatable bonds is 10. The van der Waals surface area contributed by atoms with E-state index in [4.69, 9.17) is 18.1 Å². The van der Waals surface area contributed by atoms with Crippen molar-refractivity contribution in [1.82, 2.24) is 4.44 Å². The number of hydrogen-bond donors (Lipinski definition) is 0. The van der Waals surface area contributed by atoms with Crippen LogP contribution in [0.1, 0.15) is 27.7 Å². The Morgan fingerprint density at radius 1 is 0.722 bits per heavy atom. The van der Waals surface area contributed by atoms with Crippen molar-refractivity contribution >= 4 is 15.5 Å². The van der Waals surface area contributed by atoms with E-state index in [0.29, 0.717) is 0 Å². The Bertz CT molecular complexity index is 274. The molecule has 0 saturated carbocycles. The highest BCUT2D eigenvalue weighted by Gasteiger charge is 2.44. The Labute approximate surface area is 109 Å². The molecule has 0 aromatic carbocycles. The summed E-state index contributed by atoms with van der Waals surface area (Å²) in [6.45, 7) is 7.36. The Hall–Kier alpha value is 0.260. The third-order valence-electron chi connectivity index (χ3n) is 1.88. The van der Waals surface area contributed by atoms with Crippen LogP contribution in [0.4, 0.5) is 0 Å². The predicted molar refractivity (Wildman–Crippen MR) is 69.5 cm³/mol. The van der Waals surface area contributed by atoms with Crippen LogP contribution < -0.4 is 0 Å². The standard InChI is InChI=1S/C9H23NO6P2/c1-6-13-17(11,14-7-2)10(5)18(12,15-8-3)16-9-4/h6-9H2,1-5H3. The Balaban J connectivity index is 5.18. The molecule has 0 atom stereocenters. The van der Waals surface area contributed by atoms with Gasteiger partial charge in [-0.1, -0.05) is 0 Å². The molecule has 110 valence electrons. The molecule has 0 fully saturated rings. The largest absolute Gasteiger partial charge is 0.417 e. The molecular weight excluding hydrogens is 280 g/mol. The van der Waals surface area contributed by atoms with Gasteiger partial charge in [-0.3, -0.25) is 18.1 Å². The van der Waals surface area contributed by atoms with E-state index in [0.717, 1.165) is 4.44 Å². The first-order chi connectivity index (χ1) is 8.40. The molecule has 0 aliphatic carbocycles. The summed E-state index contributed by atoms with van der Waals surface area (Å²) in [5, 5.41) is 0. The molecule has 0 spiro atoms. The predicted octanol–water partition coefficient (Wildman–Crippen LogP) is 3.28. The van der Waals surface area contributed by atoms with Gasteiger partial charge in [0.2, 0.25) is 0 Å². The van der Waals surface area contributed by atoms with Gasteiger partial charge in [0.25, 0.3) is 0 Å². The maximum atomic E-state index is 12.5. The summed E-state index contributed by atoms with van der Waals surface area (Å²) in [6, 6.07) is 0. The first-order valence-corrected chi connectivity index (χ1v) is 8.92. The summed E-state index contributed by atoms with van der Waals surface area (Å²) in [4.78, 5) is 0. The second-order valence-corrected chi connectivity index (χ2v) is 7.52. The van der Waals surface area contributed by atoms with Crippen molar-refractivity contribution in [3.05, 3.63) is 0 Å². The van der Waals surface area contributed by atoms with Crippen molar-refractivity contribution in [2.45, 2.75) is 27.7 Å². The fourth-order valence-corrected chi connectivity index (χ4v) is 5.01. The first-order valence-electron chi connectivity index (χ1n) is 5.93. The van der Waals surface area contributed by atoms with Gasteiger partial charge < -0.3 is 0 Å². The zero-order valence-electron chi connectivity index (χ0n) is 11.6. The van der Waals surface area contributed by atoms with Crippen LogP contribution >= 0.6 is 15.5 Å². The van der Waals surface area contributed by atoms with Gasteiger partial charge in [-0.25, -0.2) is 9.13 Å². The van der Waals surface area contributed by atoms with Gasteiger partial charge >= 0.3 is 15.5 Å². The van der Waals surface area contributed by atoms with E-state index in [1.807, 2.05) is 0 Å². The summed E-state index contributed by atoms with van der Waals surface area (Å²) < 4.78 is 46.3. The summed E-state index contributed by atoms with van der Waals surface area (Å²) in [7, 11) is -6.00. The fraction of sp³-hybridized carbons (Fsp3) is 1.00. The van der Waals surface area contributed by atoms with Crippen LogP contribution in [0, 0.1) is 0 Å². The van der Waals surface area contributed by atoms with Crippen LogP contribution in [-0.2, 0) is 27.2 Å². The van der Waals surface area contributed by atoms with Crippen molar-refractivity contribution in [2.75, 3.05) is 33.5 Å². The molecule has 0 amide bonds. The number of nitrogens with zero attached hydrogens (tertiary/aromatic N) is 1. The lowest BCUT2D eigenvalue weighted by Gasteiger charge is -2.30. The van der Waals surface area contributed by atoms with Crippen LogP contribution in [0.2, 0.25) is 0 Å². The van der Waals surface area contributed by atoms with E-state index < -0.39 is 15.5 Å². The SMILES string of the molecule is CCOP(=O)(OCC)N(C)P(=O)(OCC)OCC. The van der Waals surface area contributed by atoms with Gasteiger partial charge in [0.15, 0.2) is 0 Å². The quantitative estimate of drug-likeness (QED) is 0.573. The summed E-state index contributed by atoms with van der Waals surface area (Å²) in [5.41, 5.74) is 0. The van der Waals surface area contributed by atoms with E-state index in [-0.39, 0.29) is 26.4 Å². The van der Waals surface area contributed by atoms with Crippen LogP contribution in [-0.4, -0.2) is 37.9 Å². The molecule has 0 aliphatic rings. The topological polar surface area (TPSA) is 74.3 Å². The second kappa shape index (κ2) is 8.43. The van der Waals surface area contributed by atoms with E-state index in [1.165, 1.54) is 7.05 Å². The molecule has 0 bridgehead atoms. The lowest BCUT2D eigenvalue weighted by atomic mass is 10.9. The molecule has 0 aromatic rings. The van der Waals surface area contributed by atoms with Gasteiger partial charge in [-0.05, 0) is 27.7 Å². The van der Waals surface area contributed by atoms with Gasteiger partial charge in [0, 0.05) is 7.05 Å². The molecule has 0 aromatic heterocycles. The average molecular weight is 303 g/mol. The minimum atomic E-state index is -3.67. The molecule has 7 nitrogen and oxygen atoms in total. The Morgan fingerprint density at radius 2 is 0.944 bits per heavy atom. The summed E-state index contributed by atoms with van der Waals surface area (Å²) >= 11 is 0. The van der Waals surface area contributed by atoms with Crippen molar-refractivity contribution in [3.8, 4) is 0 Å². The third kappa shape index (κ3) is 4.74. The molecule has 18 heavy (non-hydrogen) atoms. The van der Waals surface area contributed by atoms with Crippen LogP contribution in [0.3, 0.4) is 0 Å². The summed E-state index contributed by atoms with van der Waals surface area (Å²) in [5.74, 6) is 0. The smallest absolute Gasteiger partial charge is 0.297 e. The minimum absolute atomic E-state index is 0.167. The van der Waals surface area contributed by atoms with E-state index in [1.54, 1.807) is 27.7 Å². The van der Waals surface area contributed by atoms with Crippen molar-refractivity contribution in [1.29, 1.82) is 0 Å². The molecule has 0 unspecified atom stereocenters. The van der Waals surface area contributed by atoms with Crippen LogP contribution in [0.5, 0.6) is 0 Å². The van der Waals surface area contributed by atoms with Crippen LogP contribution in [0.15, 0.2) is 0 Å². The van der Waals surface area contributed by atoms with Gasteiger partial charge in [-0.2, -0.15) is 0 Å². The van der Waals surface area contributed by atoms with E-state index in [9.17, 15) is 9.13 Å². The van der Waals surface area contributed by atoms with Gasteiger partial charge in [0.1, 0.15) is 0 Å². The highest BCUT2D eigenvalue weighted by atomic mass is 31.3. The second-order valence-electron chi connectivity index (χ2n) is 3.10. The normalized spacial score (nSPS) is 13.2. The fourth-order valence-electron chi connectivity index (χ4n) is 1.20. The van der Waals surface area contributed by atoms with Crippen molar-refractivity contribution in [3.63, 3.8) is 0 Å². The molecule has 0 heterocycles. The Kier molecular flexibility index (Phi) is 8.56. The van der Waals surface area contributed by atoms with Crippen LogP contribution in [0.25, 0.3) is 0 Å².